The number of sulfonamides is 1. The molecule has 0 saturated carbocycles. The van der Waals surface area contributed by atoms with Gasteiger partial charge in [-0.25, -0.2) is 14.4 Å². The summed E-state index contributed by atoms with van der Waals surface area (Å²) in [5, 5.41) is 10.1. The summed E-state index contributed by atoms with van der Waals surface area (Å²) < 4.78 is 48.2. The van der Waals surface area contributed by atoms with E-state index in [4.69, 9.17) is 16.3 Å². The fourth-order valence-electron chi connectivity index (χ4n) is 4.00. The third-order valence-corrected chi connectivity index (χ3v) is 8.79. The Hall–Kier alpha value is -4.32. The first-order valence-corrected chi connectivity index (χ1v) is 14.7. The predicted octanol–water partition coefficient (Wildman–Crippen LogP) is 7.24. The number of ether oxygens (including phenoxy) is 1. The molecule has 0 aliphatic carbocycles. The number of pyridine rings is 1. The number of anilines is 1. The number of aliphatic imine (C=N–C) groups is 1. The topological polar surface area (TPSA) is 114 Å². The third kappa shape index (κ3) is 6.07. The molecule has 0 radical (unpaired) electrons. The van der Waals surface area contributed by atoms with Gasteiger partial charge in [0.25, 0.3) is 10.0 Å². The van der Waals surface area contributed by atoms with Crippen LogP contribution in [0.4, 0.5) is 15.2 Å². The van der Waals surface area contributed by atoms with Crippen LogP contribution in [0.3, 0.4) is 0 Å². The Bertz CT molecular complexity index is 1880. The largest absolute Gasteiger partial charge is 0.504 e. The first-order chi connectivity index (χ1) is 19.7. The maximum atomic E-state index is 13.8. The van der Waals surface area contributed by atoms with Gasteiger partial charge in [-0.1, -0.05) is 59.3 Å². The van der Waals surface area contributed by atoms with E-state index in [2.05, 4.69) is 19.7 Å². The highest BCUT2D eigenvalue weighted by Gasteiger charge is 2.23. The Kier molecular flexibility index (Phi) is 8.02. The number of phenolic OH excluding ortho intramolecular Hbond substituents is 1. The number of benzene rings is 3. The zero-order chi connectivity index (χ0) is 29.1. The van der Waals surface area contributed by atoms with Gasteiger partial charge >= 0.3 is 0 Å². The van der Waals surface area contributed by atoms with Crippen molar-refractivity contribution in [2.75, 3.05) is 11.8 Å². The van der Waals surface area contributed by atoms with Gasteiger partial charge in [-0.15, -0.1) is 0 Å². The molecule has 5 rings (SSSR count). The quantitative estimate of drug-likeness (QED) is 0.180. The summed E-state index contributed by atoms with van der Waals surface area (Å²) >= 11 is 7.15. The van der Waals surface area contributed by atoms with Gasteiger partial charge in [0.15, 0.2) is 21.7 Å². The molecule has 2 N–H and O–H groups in total. The van der Waals surface area contributed by atoms with Gasteiger partial charge in [-0.2, -0.15) is 8.42 Å². The van der Waals surface area contributed by atoms with E-state index in [0.29, 0.717) is 38.7 Å². The first-order valence-electron chi connectivity index (χ1n) is 12.1. The molecule has 0 amide bonds. The molecule has 208 valence electrons. The van der Waals surface area contributed by atoms with Crippen molar-refractivity contribution in [1.82, 2.24) is 9.97 Å². The Balaban J connectivity index is 1.45. The highest BCUT2D eigenvalue weighted by Crippen LogP contribution is 2.40. The summed E-state index contributed by atoms with van der Waals surface area (Å²) in [6.07, 6.45) is 2.75. The average molecular weight is 609 g/mol. The molecule has 0 unspecified atom stereocenters. The van der Waals surface area contributed by atoms with Crippen molar-refractivity contribution in [1.29, 1.82) is 0 Å². The number of aromatic hydroxyl groups is 1. The van der Waals surface area contributed by atoms with Crippen molar-refractivity contribution >= 4 is 50.0 Å². The molecule has 0 atom stereocenters. The number of aromatic nitrogens is 2. The second kappa shape index (κ2) is 11.7. The molecular formula is C29H22ClFN4O4S2. The number of nitrogens with zero attached hydrogens (tertiary/aromatic N) is 3. The molecular weight excluding hydrogens is 587 g/mol. The van der Waals surface area contributed by atoms with E-state index < -0.39 is 15.8 Å². The summed E-state index contributed by atoms with van der Waals surface area (Å²) in [6, 6.07) is 20.1. The summed E-state index contributed by atoms with van der Waals surface area (Å²) in [6.45, 7) is 1.60. The van der Waals surface area contributed by atoms with Crippen LogP contribution in [0, 0.1) is 12.7 Å². The van der Waals surface area contributed by atoms with Crippen LogP contribution in [0.2, 0.25) is 5.02 Å². The number of nitrogens with one attached hydrogen (secondary N) is 1. The van der Waals surface area contributed by atoms with Gasteiger partial charge in [0.1, 0.15) is 5.82 Å². The van der Waals surface area contributed by atoms with Crippen LogP contribution in [-0.4, -0.2) is 36.8 Å². The third-order valence-electron chi connectivity index (χ3n) is 5.95. The Morgan fingerprint density at radius 3 is 2.56 bits per heavy atom. The number of thiazole rings is 1. The lowest BCUT2D eigenvalue weighted by molar-refractivity contribution is 0.373. The highest BCUT2D eigenvalue weighted by atomic mass is 35.5. The number of hydrogen-bond acceptors (Lipinski definition) is 8. The lowest BCUT2D eigenvalue weighted by atomic mass is 10.1. The van der Waals surface area contributed by atoms with Gasteiger partial charge in [0.2, 0.25) is 0 Å². The minimum absolute atomic E-state index is 0.0626. The van der Waals surface area contributed by atoms with E-state index >= 15 is 0 Å². The molecule has 8 nitrogen and oxygen atoms in total. The Morgan fingerprint density at radius 1 is 1.07 bits per heavy atom. The molecule has 0 fully saturated rings. The first kappa shape index (κ1) is 28.2. The smallest absolute Gasteiger partial charge is 0.281 e. The van der Waals surface area contributed by atoms with E-state index in [0.717, 1.165) is 16.9 Å². The van der Waals surface area contributed by atoms with E-state index in [9.17, 15) is 17.9 Å². The normalized spacial score (nSPS) is 11.6. The average Bonchev–Trinajstić information content (AvgIpc) is 3.37. The second-order valence-corrected chi connectivity index (χ2v) is 11.8. The minimum Gasteiger partial charge on any atom is -0.504 e. The van der Waals surface area contributed by atoms with E-state index in [1.54, 1.807) is 31.2 Å². The van der Waals surface area contributed by atoms with Crippen molar-refractivity contribution in [2.45, 2.75) is 11.9 Å². The predicted molar refractivity (Wildman–Crippen MR) is 160 cm³/mol. The fourth-order valence-corrected chi connectivity index (χ4v) is 6.57. The van der Waals surface area contributed by atoms with E-state index in [1.165, 1.54) is 37.7 Å². The maximum Gasteiger partial charge on any atom is 0.281 e. The highest BCUT2D eigenvalue weighted by molar-refractivity contribution is 7.92. The summed E-state index contributed by atoms with van der Waals surface area (Å²) in [7, 11) is -2.69. The number of rotatable bonds is 8. The van der Waals surface area contributed by atoms with Crippen LogP contribution >= 0.6 is 22.9 Å². The molecule has 0 spiro atoms. The van der Waals surface area contributed by atoms with Crippen molar-refractivity contribution < 1.29 is 22.7 Å². The van der Waals surface area contributed by atoms with Gasteiger partial charge in [0, 0.05) is 17.3 Å². The molecule has 41 heavy (non-hydrogen) atoms. The number of hydrogen-bond donors (Lipinski definition) is 2. The monoisotopic (exact) mass is 608 g/mol. The zero-order valence-corrected chi connectivity index (χ0v) is 24.1. The number of halogens is 2. The fraction of sp³-hybridized carbons (Fsp3) is 0.0690. The number of aryl methyl sites for hydroxylation is 1. The van der Waals surface area contributed by atoms with Crippen LogP contribution in [0.5, 0.6) is 11.5 Å². The van der Waals surface area contributed by atoms with Gasteiger partial charge in [0.05, 0.1) is 34.6 Å². The molecule has 2 heterocycles. The van der Waals surface area contributed by atoms with E-state index in [-0.39, 0.29) is 20.9 Å². The molecule has 0 aliphatic heterocycles. The molecule has 5 aromatic rings. The molecule has 12 heteroatoms. The van der Waals surface area contributed by atoms with Crippen LogP contribution in [0.15, 0.2) is 89.0 Å². The maximum absolute atomic E-state index is 13.8. The number of para-hydroxylation sites is 1. The van der Waals surface area contributed by atoms with Crippen molar-refractivity contribution in [3.8, 4) is 33.2 Å². The Morgan fingerprint density at radius 2 is 1.85 bits per heavy atom. The van der Waals surface area contributed by atoms with Crippen molar-refractivity contribution in [3.05, 3.63) is 101 Å². The second-order valence-electron chi connectivity index (χ2n) is 8.77. The number of methoxy groups -OCH3 is 1. The van der Waals surface area contributed by atoms with Gasteiger partial charge in [-0.3, -0.25) is 9.71 Å². The lowest BCUT2D eigenvalue weighted by Gasteiger charge is -2.08. The van der Waals surface area contributed by atoms with Crippen LogP contribution in [-0.2, 0) is 10.0 Å². The number of phenols is 1. The van der Waals surface area contributed by atoms with Crippen LogP contribution in [0.1, 0.15) is 11.1 Å². The molecule has 0 bridgehead atoms. The minimum atomic E-state index is -4.13. The van der Waals surface area contributed by atoms with Gasteiger partial charge in [-0.05, 0) is 54.4 Å². The molecule has 2 aromatic heterocycles. The van der Waals surface area contributed by atoms with Crippen molar-refractivity contribution in [2.24, 2.45) is 4.99 Å². The molecule has 0 aliphatic rings. The zero-order valence-electron chi connectivity index (χ0n) is 21.7. The van der Waals surface area contributed by atoms with E-state index in [1.807, 2.05) is 30.3 Å². The van der Waals surface area contributed by atoms with Gasteiger partial charge < -0.3 is 9.84 Å². The summed E-state index contributed by atoms with van der Waals surface area (Å²) in [4.78, 5) is 13.7. The van der Waals surface area contributed by atoms with Crippen LogP contribution in [0.25, 0.3) is 21.7 Å². The van der Waals surface area contributed by atoms with Crippen LogP contribution < -0.4 is 9.46 Å². The molecule has 3 aromatic carbocycles. The Labute approximate surface area is 244 Å². The van der Waals surface area contributed by atoms with Crippen molar-refractivity contribution in [3.63, 3.8) is 0 Å². The molecule has 0 saturated heterocycles. The lowest BCUT2D eigenvalue weighted by Crippen LogP contribution is -2.15. The summed E-state index contributed by atoms with van der Waals surface area (Å²) in [5.74, 6) is -0.325. The SMILES string of the molecule is COc1cccc(/C=N/c2cnc(S(=O)(=O)Nc3nc(-c4ccc(F)c(Cl)c4)c(-c4ccccc4)s3)c(C)c2)c1O. The summed E-state index contributed by atoms with van der Waals surface area (Å²) in [5.41, 5.74) is 2.97. The standard InChI is InChI=1S/C29H22ClFN4O4S2/c1-17-13-21(32-15-20-9-6-10-24(39-2)26(20)36)16-33-28(17)41(37,38)35-29-34-25(19-11-12-23(31)22(30)14-19)27(40-29)18-7-4-3-5-8-18/h3-16,36H,1-2H3,(H,34,35)/b32-15+.